The van der Waals surface area contributed by atoms with Crippen molar-refractivity contribution in [1.82, 2.24) is 0 Å². The first-order valence-electron chi connectivity index (χ1n) is 9.61. The second-order valence-corrected chi connectivity index (χ2v) is 9.13. The molecule has 3 unspecified atom stereocenters. The summed E-state index contributed by atoms with van der Waals surface area (Å²) in [6.45, 7) is 8.97. The molecule has 0 saturated heterocycles. The molecular formula is C21H32O2. The van der Waals surface area contributed by atoms with Crippen molar-refractivity contribution in [2.75, 3.05) is 0 Å². The van der Waals surface area contributed by atoms with Gasteiger partial charge in [0.25, 0.3) is 0 Å². The van der Waals surface area contributed by atoms with Gasteiger partial charge in [0.1, 0.15) is 0 Å². The second kappa shape index (κ2) is 5.20. The van der Waals surface area contributed by atoms with Crippen LogP contribution in [0.25, 0.3) is 0 Å². The molecule has 2 heteroatoms. The predicted octanol–water partition coefficient (Wildman–Crippen LogP) is 4.23. The monoisotopic (exact) mass is 316 g/mol. The molecular weight excluding hydrogens is 284 g/mol. The molecule has 3 fully saturated rings. The summed E-state index contributed by atoms with van der Waals surface area (Å²) in [6, 6.07) is 0. The van der Waals surface area contributed by atoms with E-state index in [4.69, 9.17) is 0 Å². The molecule has 2 N–H and O–H groups in total. The van der Waals surface area contributed by atoms with Crippen molar-refractivity contribution < 1.29 is 10.2 Å². The minimum atomic E-state index is -0.160. The Kier molecular flexibility index (Phi) is 3.59. The summed E-state index contributed by atoms with van der Waals surface area (Å²) in [5, 5.41) is 20.7. The van der Waals surface area contributed by atoms with Crippen LogP contribution in [-0.4, -0.2) is 22.4 Å². The van der Waals surface area contributed by atoms with Crippen LogP contribution in [0.4, 0.5) is 0 Å². The van der Waals surface area contributed by atoms with Gasteiger partial charge in [-0.25, -0.2) is 0 Å². The third kappa shape index (κ3) is 2.00. The van der Waals surface area contributed by atoms with Crippen LogP contribution in [0.15, 0.2) is 23.8 Å². The molecule has 0 aromatic heterocycles. The zero-order chi connectivity index (χ0) is 16.4. The normalized spacial score (nSPS) is 52.2. The summed E-state index contributed by atoms with van der Waals surface area (Å²) in [5.41, 5.74) is 3.06. The Morgan fingerprint density at radius 2 is 1.91 bits per heavy atom. The highest BCUT2D eigenvalue weighted by molar-refractivity contribution is 5.35. The molecule has 7 atom stereocenters. The van der Waals surface area contributed by atoms with Crippen LogP contribution in [-0.2, 0) is 0 Å². The van der Waals surface area contributed by atoms with Gasteiger partial charge in [-0.1, -0.05) is 30.7 Å². The van der Waals surface area contributed by atoms with Gasteiger partial charge in [-0.05, 0) is 81.5 Å². The summed E-state index contributed by atoms with van der Waals surface area (Å²) in [6.07, 6.45) is 10.7. The Labute approximate surface area is 140 Å². The molecule has 23 heavy (non-hydrogen) atoms. The number of allylic oxidation sites excluding steroid dienone is 2. The fourth-order valence-corrected chi connectivity index (χ4v) is 7.06. The van der Waals surface area contributed by atoms with Gasteiger partial charge in [-0.2, -0.15) is 0 Å². The lowest BCUT2D eigenvalue weighted by molar-refractivity contribution is -0.0666. The zero-order valence-electron chi connectivity index (χ0n) is 14.7. The molecule has 4 aliphatic rings. The maximum Gasteiger partial charge on any atom is 0.0596 e. The van der Waals surface area contributed by atoms with E-state index in [0.717, 1.165) is 38.5 Å². The van der Waals surface area contributed by atoms with Crippen LogP contribution in [0.2, 0.25) is 0 Å². The summed E-state index contributed by atoms with van der Waals surface area (Å²) in [4.78, 5) is 0. The van der Waals surface area contributed by atoms with Crippen LogP contribution in [0.1, 0.15) is 65.2 Å². The maximum absolute atomic E-state index is 10.5. The van der Waals surface area contributed by atoms with Crippen LogP contribution < -0.4 is 0 Å². The highest BCUT2D eigenvalue weighted by atomic mass is 16.3. The number of hydrogen-bond acceptors (Lipinski definition) is 2. The van der Waals surface area contributed by atoms with Gasteiger partial charge >= 0.3 is 0 Å². The molecule has 3 saturated carbocycles. The van der Waals surface area contributed by atoms with Crippen molar-refractivity contribution in [3.05, 3.63) is 23.8 Å². The number of fused-ring (bicyclic) bond motifs is 5. The van der Waals surface area contributed by atoms with Gasteiger partial charge in [0, 0.05) is 5.41 Å². The predicted molar refractivity (Wildman–Crippen MR) is 92.9 cm³/mol. The van der Waals surface area contributed by atoms with E-state index in [1.807, 2.05) is 0 Å². The largest absolute Gasteiger partial charge is 0.393 e. The van der Waals surface area contributed by atoms with Gasteiger partial charge in [-0.3, -0.25) is 0 Å². The quantitative estimate of drug-likeness (QED) is 0.711. The van der Waals surface area contributed by atoms with E-state index >= 15 is 0 Å². The van der Waals surface area contributed by atoms with Crippen LogP contribution >= 0.6 is 0 Å². The van der Waals surface area contributed by atoms with Crippen molar-refractivity contribution in [2.24, 2.45) is 28.6 Å². The topological polar surface area (TPSA) is 40.5 Å². The Hall–Kier alpha value is -0.600. The van der Waals surface area contributed by atoms with E-state index in [0.29, 0.717) is 17.8 Å². The molecule has 0 aromatic rings. The number of aliphatic hydroxyl groups excluding tert-OH is 2. The van der Waals surface area contributed by atoms with E-state index in [-0.39, 0.29) is 23.0 Å². The Balaban J connectivity index is 1.75. The van der Waals surface area contributed by atoms with Gasteiger partial charge < -0.3 is 10.2 Å². The summed E-state index contributed by atoms with van der Waals surface area (Å²) in [5.74, 6) is 2.04. The molecule has 0 aliphatic heterocycles. The fourth-order valence-electron chi connectivity index (χ4n) is 7.06. The lowest BCUT2D eigenvalue weighted by atomic mass is 9.46. The van der Waals surface area contributed by atoms with E-state index in [1.165, 1.54) is 24.0 Å². The minimum Gasteiger partial charge on any atom is -0.393 e. The first-order chi connectivity index (χ1) is 10.9. The molecule has 4 rings (SSSR count). The van der Waals surface area contributed by atoms with Gasteiger partial charge in [0.15, 0.2) is 0 Å². The lowest BCUT2D eigenvalue weighted by Crippen LogP contribution is -2.52. The SMILES string of the molecule is C=C(C)[C@]12CC[C@H](O)CC1=CCC1C2CC[C@@]2(C)C1CC[C@@H]2O. The van der Waals surface area contributed by atoms with Gasteiger partial charge in [0.2, 0.25) is 0 Å². The van der Waals surface area contributed by atoms with Crippen molar-refractivity contribution in [3.8, 4) is 0 Å². The zero-order valence-corrected chi connectivity index (χ0v) is 14.7. The molecule has 0 spiro atoms. The molecule has 0 heterocycles. The van der Waals surface area contributed by atoms with Crippen molar-refractivity contribution in [1.29, 1.82) is 0 Å². The average molecular weight is 316 g/mol. The third-order valence-corrected chi connectivity index (χ3v) is 8.32. The molecule has 2 nitrogen and oxygen atoms in total. The molecule has 128 valence electrons. The average Bonchev–Trinajstić information content (AvgIpc) is 2.82. The first-order valence-corrected chi connectivity index (χ1v) is 9.61. The molecule has 0 bridgehead atoms. The van der Waals surface area contributed by atoms with Crippen molar-refractivity contribution >= 4 is 0 Å². The Bertz CT molecular complexity index is 550. The van der Waals surface area contributed by atoms with Crippen LogP contribution in [0.5, 0.6) is 0 Å². The Morgan fingerprint density at radius 3 is 2.65 bits per heavy atom. The van der Waals surface area contributed by atoms with Crippen molar-refractivity contribution in [3.63, 3.8) is 0 Å². The van der Waals surface area contributed by atoms with Gasteiger partial charge in [-0.15, -0.1) is 0 Å². The first kappa shape index (κ1) is 15.9. The second-order valence-electron chi connectivity index (χ2n) is 9.13. The van der Waals surface area contributed by atoms with Gasteiger partial charge in [0.05, 0.1) is 12.2 Å². The third-order valence-electron chi connectivity index (χ3n) is 8.32. The molecule has 4 aliphatic carbocycles. The van der Waals surface area contributed by atoms with Crippen LogP contribution in [0, 0.1) is 28.6 Å². The van der Waals surface area contributed by atoms with E-state index < -0.39 is 0 Å². The van der Waals surface area contributed by atoms with E-state index in [9.17, 15) is 10.2 Å². The van der Waals surface area contributed by atoms with Crippen LogP contribution in [0.3, 0.4) is 0 Å². The summed E-state index contributed by atoms with van der Waals surface area (Å²) in [7, 11) is 0. The molecule has 0 radical (unpaired) electrons. The molecule has 0 amide bonds. The lowest BCUT2D eigenvalue weighted by Gasteiger charge is -2.59. The standard InChI is InChI=1S/C21H32O2/c1-13(2)21-11-8-15(22)12-14(21)4-5-16-17-6-7-19(23)20(17,3)10-9-18(16)21/h4,15-19,22-23H,1,5-12H2,2-3H3/t15-,16?,17?,18?,19-,20-,21+/m0/s1. The van der Waals surface area contributed by atoms with Crippen molar-refractivity contribution in [2.45, 2.75) is 77.4 Å². The molecule has 0 aromatic carbocycles. The minimum absolute atomic E-state index is 0.104. The highest BCUT2D eigenvalue weighted by Crippen LogP contribution is 2.66. The fraction of sp³-hybridized carbons (Fsp3) is 0.810. The highest BCUT2D eigenvalue weighted by Gasteiger charge is 2.59. The summed E-state index contributed by atoms with van der Waals surface area (Å²) >= 11 is 0. The maximum atomic E-state index is 10.5. The number of hydrogen-bond donors (Lipinski definition) is 2. The Morgan fingerprint density at radius 1 is 1.13 bits per heavy atom. The number of aliphatic hydroxyl groups is 2. The summed E-state index contributed by atoms with van der Waals surface area (Å²) < 4.78 is 0. The van der Waals surface area contributed by atoms with E-state index in [1.54, 1.807) is 0 Å². The van der Waals surface area contributed by atoms with E-state index in [2.05, 4.69) is 26.5 Å². The number of rotatable bonds is 1. The smallest absolute Gasteiger partial charge is 0.0596 e.